The molecule has 0 saturated carbocycles. The average Bonchev–Trinajstić information content (AvgIpc) is 2.62. The van der Waals surface area contributed by atoms with Crippen LogP contribution in [0.25, 0.3) is 33.4 Å². The Hall–Kier alpha value is -2.83. The largest absolute Gasteiger partial charge is 0.399 e. The first kappa shape index (κ1) is 15.7. The number of H-pyrrole nitrogens is 2. The number of benzene rings is 2. The number of aromatic nitrogens is 3. The molecule has 4 aromatic rings. The SMILES string of the molecule is Nc1ccc(-c2cc(-c3ccccc3)c3c(=S)[nH]c(=S)[nH]c3n2)cc1. The van der Waals surface area contributed by atoms with Crippen molar-refractivity contribution in [2.24, 2.45) is 0 Å². The van der Waals surface area contributed by atoms with E-state index in [4.69, 9.17) is 35.2 Å². The number of pyridine rings is 1. The van der Waals surface area contributed by atoms with Gasteiger partial charge in [-0.1, -0.05) is 54.7 Å². The fourth-order valence-electron chi connectivity index (χ4n) is 2.82. The van der Waals surface area contributed by atoms with Crippen LogP contribution in [0, 0.1) is 9.41 Å². The van der Waals surface area contributed by atoms with Gasteiger partial charge in [-0.25, -0.2) is 4.98 Å². The standard InChI is InChI=1S/C19H14N4S2/c20-13-8-6-12(7-9-13)15-10-14(11-4-2-1-3-5-11)16-17(21-15)22-19(25)23-18(16)24/h1-10H,20H2,(H2,21,22,23,24,25). The van der Waals surface area contributed by atoms with Gasteiger partial charge >= 0.3 is 0 Å². The number of aromatic amines is 2. The van der Waals surface area contributed by atoms with Crippen LogP contribution < -0.4 is 5.73 Å². The third-order valence-electron chi connectivity index (χ3n) is 4.00. The molecule has 0 fully saturated rings. The van der Waals surface area contributed by atoms with Crippen LogP contribution in [-0.2, 0) is 0 Å². The number of hydrogen-bond acceptors (Lipinski definition) is 4. The van der Waals surface area contributed by atoms with Gasteiger partial charge in [0, 0.05) is 11.3 Å². The summed E-state index contributed by atoms with van der Waals surface area (Å²) in [4.78, 5) is 10.9. The number of nitrogen functional groups attached to an aromatic ring is 1. The van der Waals surface area contributed by atoms with Crippen LogP contribution in [0.5, 0.6) is 0 Å². The molecule has 0 aliphatic heterocycles. The van der Waals surface area contributed by atoms with E-state index < -0.39 is 0 Å². The molecule has 25 heavy (non-hydrogen) atoms. The highest BCUT2D eigenvalue weighted by Crippen LogP contribution is 2.31. The molecular weight excluding hydrogens is 348 g/mol. The summed E-state index contributed by atoms with van der Waals surface area (Å²) in [6.07, 6.45) is 0. The summed E-state index contributed by atoms with van der Waals surface area (Å²) in [5, 5.41) is 0.856. The Morgan fingerprint density at radius 1 is 0.840 bits per heavy atom. The molecule has 2 aromatic carbocycles. The molecule has 4 N–H and O–H groups in total. The van der Waals surface area contributed by atoms with E-state index in [1.807, 2.05) is 48.5 Å². The van der Waals surface area contributed by atoms with Gasteiger partial charge in [0.25, 0.3) is 0 Å². The lowest BCUT2D eigenvalue weighted by atomic mass is 10.0. The summed E-state index contributed by atoms with van der Waals surface area (Å²) in [6.45, 7) is 0. The molecule has 2 heterocycles. The number of nitrogens with one attached hydrogen (secondary N) is 2. The lowest BCUT2D eigenvalue weighted by Gasteiger charge is -2.10. The first-order valence-electron chi connectivity index (χ1n) is 7.70. The van der Waals surface area contributed by atoms with E-state index in [-0.39, 0.29) is 0 Å². The lowest BCUT2D eigenvalue weighted by molar-refractivity contribution is 1.14. The van der Waals surface area contributed by atoms with Gasteiger partial charge in [-0.3, -0.25) is 0 Å². The summed E-state index contributed by atoms with van der Waals surface area (Å²) in [5.41, 5.74) is 11.1. The van der Waals surface area contributed by atoms with E-state index in [1.54, 1.807) is 0 Å². The van der Waals surface area contributed by atoms with Gasteiger partial charge in [-0.2, -0.15) is 0 Å². The van der Waals surface area contributed by atoms with Crippen molar-refractivity contribution in [3.05, 3.63) is 70.1 Å². The molecule has 0 amide bonds. The van der Waals surface area contributed by atoms with Gasteiger partial charge in [0.15, 0.2) is 4.77 Å². The Bertz CT molecular complexity index is 1180. The van der Waals surface area contributed by atoms with Crippen molar-refractivity contribution >= 4 is 41.2 Å². The number of nitrogens with two attached hydrogens (primary N) is 1. The Labute approximate surface area is 154 Å². The minimum Gasteiger partial charge on any atom is -0.399 e. The monoisotopic (exact) mass is 362 g/mol. The maximum absolute atomic E-state index is 5.80. The van der Waals surface area contributed by atoms with Gasteiger partial charge in [0.05, 0.1) is 11.1 Å². The summed E-state index contributed by atoms with van der Waals surface area (Å²) in [7, 11) is 0. The number of anilines is 1. The third-order valence-corrected chi connectivity index (χ3v) is 4.51. The molecule has 6 heteroatoms. The molecule has 0 aliphatic carbocycles. The smallest absolute Gasteiger partial charge is 0.177 e. The predicted octanol–water partition coefficient (Wildman–Crippen LogP) is 5.27. The minimum absolute atomic E-state index is 0.457. The Balaban J connectivity index is 2.09. The van der Waals surface area contributed by atoms with Crippen molar-refractivity contribution in [3.8, 4) is 22.4 Å². The van der Waals surface area contributed by atoms with E-state index in [2.05, 4.69) is 22.1 Å². The van der Waals surface area contributed by atoms with Gasteiger partial charge in [0.1, 0.15) is 10.3 Å². The van der Waals surface area contributed by atoms with Crippen molar-refractivity contribution in [3.63, 3.8) is 0 Å². The molecular formula is C19H14N4S2. The van der Waals surface area contributed by atoms with Crippen LogP contribution in [-0.4, -0.2) is 15.0 Å². The quantitative estimate of drug-likeness (QED) is 0.336. The maximum Gasteiger partial charge on any atom is 0.177 e. The average molecular weight is 362 g/mol. The van der Waals surface area contributed by atoms with E-state index in [0.29, 0.717) is 15.1 Å². The second-order valence-corrected chi connectivity index (χ2v) is 6.49. The van der Waals surface area contributed by atoms with Gasteiger partial charge in [-0.15, -0.1) is 0 Å². The molecule has 0 bridgehead atoms. The summed E-state index contributed by atoms with van der Waals surface area (Å²) in [5.74, 6) is 0. The predicted molar refractivity (Wildman–Crippen MR) is 107 cm³/mol. The highest BCUT2D eigenvalue weighted by Gasteiger charge is 2.11. The normalized spacial score (nSPS) is 10.9. The van der Waals surface area contributed by atoms with E-state index in [9.17, 15) is 0 Å². The highest BCUT2D eigenvalue weighted by atomic mass is 32.1. The lowest BCUT2D eigenvalue weighted by Crippen LogP contribution is -1.95. The molecule has 2 aromatic heterocycles. The number of nitrogens with zero attached hydrogens (tertiary/aromatic N) is 1. The summed E-state index contributed by atoms with van der Waals surface area (Å²) < 4.78 is 1.03. The van der Waals surface area contributed by atoms with Crippen LogP contribution in [0.15, 0.2) is 60.7 Å². The third kappa shape index (κ3) is 2.97. The highest BCUT2D eigenvalue weighted by molar-refractivity contribution is 7.72. The van der Waals surface area contributed by atoms with Crippen molar-refractivity contribution < 1.29 is 0 Å². The summed E-state index contributed by atoms with van der Waals surface area (Å²) >= 11 is 10.7. The Morgan fingerprint density at radius 3 is 2.28 bits per heavy atom. The second-order valence-electron chi connectivity index (χ2n) is 5.67. The number of hydrogen-bond donors (Lipinski definition) is 3. The zero-order valence-corrected chi connectivity index (χ0v) is 14.7. The molecule has 0 radical (unpaired) electrons. The topological polar surface area (TPSA) is 70.5 Å². The fraction of sp³-hybridized carbons (Fsp3) is 0. The van der Waals surface area contributed by atoms with Crippen molar-refractivity contribution in [1.82, 2.24) is 15.0 Å². The molecule has 0 unspecified atom stereocenters. The molecule has 122 valence electrons. The molecule has 0 atom stereocenters. The van der Waals surface area contributed by atoms with Crippen LogP contribution in [0.3, 0.4) is 0 Å². The van der Waals surface area contributed by atoms with Crippen molar-refractivity contribution in [2.75, 3.05) is 5.73 Å². The Morgan fingerprint density at radius 2 is 1.56 bits per heavy atom. The maximum atomic E-state index is 5.80. The van der Waals surface area contributed by atoms with Gasteiger partial charge < -0.3 is 15.7 Å². The van der Waals surface area contributed by atoms with Crippen LogP contribution in [0.4, 0.5) is 5.69 Å². The zero-order valence-electron chi connectivity index (χ0n) is 13.1. The first-order valence-corrected chi connectivity index (χ1v) is 8.52. The van der Waals surface area contributed by atoms with E-state index in [1.165, 1.54) is 0 Å². The van der Waals surface area contributed by atoms with Crippen LogP contribution in [0.2, 0.25) is 0 Å². The minimum atomic E-state index is 0.457. The first-order chi connectivity index (χ1) is 12.1. The van der Waals surface area contributed by atoms with Crippen molar-refractivity contribution in [1.29, 1.82) is 0 Å². The van der Waals surface area contributed by atoms with Gasteiger partial charge in [-0.05, 0) is 41.5 Å². The van der Waals surface area contributed by atoms with E-state index >= 15 is 0 Å². The Kier molecular flexibility index (Phi) is 3.91. The van der Waals surface area contributed by atoms with Gasteiger partial charge in [0.2, 0.25) is 0 Å². The molecule has 4 nitrogen and oxygen atoms in total. The van der Waals surface area contributed by atoms with Crippen molar-refractivity contribution in [2.45, 2.75) is 0 Å². The molecule has 4 rings (SSSR count). The van der Waals surface area contributed by atoms with E-state index in [0.717, 1.165) is 33.5 Å². The second kappa shape index (κ2) is 6.23. The van der Waals surface area contributed by atoms with Crippen LogP contribution in [0.1, 0.15) is 0 Å². The molecule has 0 spiro atoms. The zero-order chi connectivity index (χ0) is 17.4. The molecule has 0 saturated heterocycles. The molecule has 0 aliphatic rings. The number of rotatable bonds is 2. The fourth-order valence-corrected chi connectivity index (χ4v) is 3.39. The van der Waals surface area contributed by atoms with Crippen LogP contribution >= 0.6 is 24.4 Å². The summed E-state index contributed by atoms with van der Waals surface area (Å²) in [6, 6.07) is 19.8. The number of fused-ring (bicyclic) bond motifs is 1.